The second kappa shape index (κ2) is 6.99. The fraction of sp³-hybridized carbons (Fsp3) is 0.565. The maximum absolute atomic E-state index is 12.9. The zero-order valence-electron chi connectivity index (χ0n) is 17.1. The number of carbonyl (C=O) groups is 1. The molecule has 0 spiro atoms. The maximum Gasteiger partial charge on any atom is 0.273 e. The zero-order chi connectivity index (χ0) is 20.4. The minimum Gasteiger partial charge on any atom is -0.373 e. The van der Waals surface area contributed by atoms with Crippen LogP contribution < -0.4 is 15.4 Å². The topological polar surface area (TPSA) is 64.4 Å². The molecule has 1 aromatic heterocycles. The van der Waals surface area contributed by atoms with Crippen molar-refractivity contribution < 1.29 is 14.2 Å². The Hall–Kier alpha value is -2.05. The molecule has 158 valence electrons. The molecule has 30 heavy (non-hydrogen) atoms. The number of hydrogen-bond acceptors (Lipinski definition) is 3. The van der Waals surface area contributed by atoms with Gasteiger partial charge in [0.15, 0.2) is 11.4 Å². The number of nitrogens with zero attached hydrogens (tertiary/aromatic N) is 3. The van der Waals surface area contributed by atoms with Gasteiger partial charge in [0, 0.05) is 16.5 Å². The van der Waals surface area contributed by atoms with Crippen LogP contribution in [-0.4, -0.2) is 37.0 Å². The lowest BCUT2D eigenvalue weighted by molar-refractivity contribution is -0.694. The Labute approximate surface area is 181 Å². The van der Waals surface area contributed by atoms with Gasteiger partial charge in [0.05, 0.1) is 13.2 Å². The van der Waals surface area contributed by atoms with Gasteiger partial charge in [-0.1, -0.05) is 11.6 Å². The summed E-state index contributed by atoms with van der Waals surface area (Å²) >= 11 is 6.21. The van der Waals surface area contributed by atoms with Crippen molar-refractivity contribution in [2.24, 2.45) is 17.6 Å². The number of ether oxygens (including phenoxy) is 1. The van der Waals surface area contributed by atoms with Crippen molar-refractivity contribution in [1.29, 1.82) is 0 Å². The van der Waals surface area contributed by atoms with Crippen molar-refractivity contribution in [3.63, 3.8) is 0 Å². The Kier molecular flexibility index (Phi) is 4.36. The van der Waals surface area contributed by atoms with Crippen molar-refractivity contribution in [1.82, 2.24) is 4.79 Å². The van der Waals surface area contributed by atoms with Crippen LogP contribution in [-0.2, 0) is 4.74 Å². The Bertz CT molecular complexity index is 982. The van der Waals surface area contributed by atoms with Crippen LogP contribution >= 0.6 is 11.6 Å². The highest BCUT2D eigenvalue weighted by Gasteiger charge is 2.50. The van der Waals surface area contributed by atoms with Gasteiger partial charge in [-0.25, -0.2) is 0 Å². The molecule has 1 saturated heterocycles. The molecule has 6 nitrogen and oxygen atoms in total. The van der Waals surface area contributed by atoms with Gasteiger partial charge in [-0.2, -0.15) is 5.01 Å². The number of carbonyl (C=O) groups excluding carboxylic acids is 1. The van der Waals surface area contributed by atoms with E-state index in [1.807, 2.05) is 12.1 Å². The quantitative estimate of drug-likeness (QED) is 0.766. The Morgan fingerprint density at radius 2 is 1.63 bits per heavy atom. The van der Waals surface area contributed by atoms with Crippen LogP contribution in [0.5, 0.6) is 0 Å². The van der Waals surface area contributed by atoms with Crippen LogP contribution in [0.1, 0.15) is 65.7 Å². The summed E-state index contributed by atoms with van der Waals surface area (Å²) in [7, 11) is 0. The van der Waals surface area contributed by atoms with E-state index in [1.165, 1.54) is 43.4 Å². The molecule has 2 N–H and O–H groups in total. The summed E-state index contributed by atoms with van der Waals surface area (Å²) in [6, 6.07) is 7.97. The van der Waals surface area contributed by atoms with Crippen LogP contribution in [0, 0.1) is 11.8 Å². The van der Waals surface area contributed by atoms with E-state index in [1.54, 1.807) is 0 Å². The average molecular weight is 428 g/mol. The largest absolute Gasteiger partial charge is 0.373 e. The predicted octanol–water partition coefficient (Wildman–Crippen LogP) is 2.88. The van der Waals surface area contributed by atoms with Gasteiger partial charge in [-0.3, -0.25) is 4.79 Å². The number of morpholine rings is 1. The molecule has 1 aromatic carbocycles. The van der Waals surface area contributed by atoms with Gasteiger partial charge in [0.1, 0.15) is 18.8 Å². The highest BCUT2D eigenvalue weighted by molar-refractivity contribution is 6.30. The molecule has 2 saturated carbocycles. The third-order valence-electron chi connectivity index (χ3n) is 7.64. The Balaban J connectivity index is 1.65. The number of rotatable bonds is 3. The van der Waals surface area contributed by atoms with Gasteiger partial charge in [0.25, 0.3) is 5.91 Å². The number of benzene rings is 1. The predicted molar refractivity (Wildman–Crippen MR) is 114 cm³/mol. The number of amides is 1. The molecular weight excluding hydrogens is 400 g/mol. The summed E-state index contributed by atoms with van der Waals surface area (Å²) in [5.74, 6) is 2.13. The van der Waals surface area contributed by atoms with Crippen molar-refractivity contribution in [3.8, 4) is 5.69 Å². The van der Waals surface area contributed by atoms with E-state index in [2.05, 4.69) is 26.6 Å². The van der Waals surface area contributed by atoms with Crippen LogP contribution in [0.3, 0.4) is 0 Å². The summed E-state index contributed by atoms with van der Waals surface area (Å²) in [6.07, 6.45) is 6.17. The minimum absolute atomic E-state index is 0.327. The summed E-state index contributed by atoms with van der Waals surface area (Å²) in [5, 5.41) is 2.94. The van der Waals surface area contributed by atoms with Gasteiger partial charge >= 0.3 is 0 Å². The van der Waals surface area contributed by atoms with Gasteiger partial charge in [-0.05, 0) is 78.9 Å². The fourth-order valence-corrected chi connectivity index (χ4v) is 6.85. The van der Waals surface area contributed by atoms with E-state index < -0.39 is 0 Å². The highest BCUT2D eigenvalue weighted by atomic mass is 35.5. The highest BCUT2D eigenvalue weighted by Crippen LogP contribution is 2.56. The second-order valence-electron chi connectivity index (χ2n) is 9.46. The van der Waals surface area contributed by atoms with Crippen molar-refractivity contribution >= 4 is 17.5 Å². The number of halogens is 1. The van der Waals surface area contributed by atoms with Crippen molar-refractivity contribution in [3.05, 3.63) is 46.2 Å². The normalized spacial score (nSPS) is 29.7. The first kappa shape index (κ1) is 18.7. The Morgan fingerprint density at radius 1 is 1.00 bits per heavy atom. The number of nitrogens with two attached hydrogens (primary N) is 1. The van der Waals surface area contributed by atoms with Gasteiger partial charge < -0.3 is 10.5 Å². The van der Waals surface area contributed by atoms with E-state index in [0.29, 0.717) is 35.8 Å². The molecule has 1 amide bonds. The summed E-state index contributed by atoms with van der Waals surface area (Å²) < 4.78 is 7.88. The lowest BCUT2D eigenvalue weighted by atomic mass is 9.67. The minimum atomic E-state index is -0.327. The second-order valence-corrected chi connectivity index (χ2v) is 9.90. The first-order valence-corrected chi connectivity index (χ1v) is 11.6. The van der Waals surface area contributed by atoms with Crippen molar-refractivity contribution in [2.75, 3.05) is 31.3 Å². The molecule has 3 fully saturated rings. The maximum atomic E-state index is 12.9. The summed E-state index contributed by atoms with van der Waals surface area (Å²) in [4.78, 5) is 15.0. The number of primary amides is 1. The molecule has 5 aliphatic rings. The zero-order valence-corrected chi connectivity index (χ0v) is 17.9. The summed E-state index contributed by atoms with van der Waals surface area (Å²) in [5.41, 5.74) is 10.3. The third kappa shape index (κ3) is 2.80. The molecule has 2 heterocycles. The average Bonchev–Trinajstić information content (AvgIpc) is 3.01. The smallest absolute Gasteiger partial charge is 0.273 e. The van der Waals surface area contributed by atoms with Gasteiger partial charge in [0.2, 0.25) is 0 Å². The molecule has 2 aromatic rings. The molecule has 2 unspecified atom stereocenters. The lowest BCUT2D eigenvalue weighted by Gasteiger charge is -2.38. The van der Waals surface area contributed by atoms with Crippen LogP contribution in [0.15, 0.2) is 24.3 Å². The van der Waals surface area contributed by atoms with Crippen LogP contribution in [0.25, 0.3) is 5.69 Å². The lowest BCUT2D eigenvalue weighted by Crippen LogP contribution is -2.58. The number of hydrogen-bond donors (Lipinski definition) is 1. The molecule has 7 rings (SSSR count). The monoisotopic (exact) mass is 427 g/mol. The molecular formula is C23H28ClN4O2+. The van der Waals surface area contributed by atoms with E-state index in [-0.39, 0.29) is 5.91 Å². The van der Waals surface area contributed by atoms with Crippen LogP contribution in [0.4, 0.5) is 0 Å². The molecule has 4 bridgehead atoms. The standard InChI is InChI=1S/C23H27ClN4O2/c24-18-1-3-19(4-2-18)27-21-17-12-14-9-15(13-17)11-16(10-14)20(21)22(23(25)29)28(27)26-5-7-30-8-6-26/h1-4,14-17H,5-13H2,(H-,25,29)/p+1. The van der Waals surface area contributed by atoms with Crippen molar-refractivity contribution in [2.45, 2.75) is 43.9 Å². The first-order valence-electron chi connectivity index (χ1n) is 11.2. The molecule has 2 atom stereocenters. The SMILES string of the molecule is NC(=O)c1c2c([n+](-c3ccc(Cl)cc3)n1N1CCOCC1)C1CC3CC(CC2C3)C1. The first-order chi connectivity index (χ1) is 14.6. The summed E-state index contributed by atoms with van der Waals surface area (Å²) in [6.45, 7) is 2.78. The fourth-order valence-electron chi connectivity index (χ4n) is 6.72. The van der Waals surface area contributed by atoms with E-state index >= 15 is 0 Å². The van der Waals surface area contributed by atoms with E-state index in [0.717, 1.165) is 30.6 Å². The Morgan fingerprint density at radius 3 is 2.27 bits per heavy atom. The molecule has 0 radical (unpaired) electrons. The molecule has 1 aliphatic heterocycles. The van der Waals surface area contributed by atoms with E-state index in [4.69, 9.17) is 22.1 Å². The van der Waals surface area contributed by atoms with Crippen LogP contribution in [0.2, 0.25) is 5.02 Å². The van der Waals surface area contributed by atoms with Gasteiger partial charge in [-0.15, -0.1) is 4.68 Å². The molecule has 4 aliphatic carbocycles. The number of aromatic nitrogens is 2. The van der Waals surface area contributed by atoms with E-state index in [9.17, 15) is 4.79 Å². The molecule has 7 heteroatoms. The third-order valence-corrected chi connectivity index (χ3v) is 7.89.